The van der Waals surface area contributed by atoms with Crippen LogP contribution in [0.25, 0.3) is 16.9 Å². The van der Waals surface area contributed by atoms with Gasteiger partial charge in [0, 0.05) is 18.7 Å². The molecule has 0 radical (unpaired) electrons. The summed E-state index contributed by atoms with van der Waals surface area (Å²) in [5.41, 5.74) is 0.824. The van der Waals surface area contributed by atoms with E-state index < -0.39 is 28.0 Å². The molecule has 2 aromatic carbocycles. The molecule has 0 spiro atoms. The number of aromatic nitrogens is 2. The number of amides is 1. The predicted molar refractivity (Wildman–Crippen MR) is 110 cm³/mol. The van der Waals surface area contributed by atoms with E-state index in [2.05, 4.69) is 9.82 Å². The van der Waals surface area contributed by atoms with Gasteiger partial charge in [0.2, 0.25) is 10.0 Å². The standard InChI is InChI=1S/C20H19F3N4O4S/c1-13-2-4-14(5-3-13)17-12-18(20(21,22)23)26-27(17)15-6-8-16(9-7-15)32(30,31)25-11-10-24-19(28)29/h2-9,12,24-25H,10-11H2,1H3,(H,28,29). The SMILES string of the molecule is Cc1ccc(-c2cc(C(F)(F)F)nn2-c2ccc(S(=O)(=O)NCCNC(=O)O)cc2)cc1. The molecule has 32 heavy (non-hydrogen) atoms. The lowest BCUT2D eigenvalue weighted by Crippen LogP contribution is -2.33. The Bertz CT molecular complexity index is 1210. The molecular weight excluding hydrogens is 449 g/mol. The first-order chi connectivity index (χ1) is 15.0. The highest BCUT2D eigenvalue weighted by atomic mass is 32.2. The van der Waals surface area contributed by atoms with Crippen LogP contribution >= 0.6 is 0 Å². The van der Waals surface area contributed by atoms with Gasteiger partial charge in [-0.15, -0.1) is 0 Å². The van der Waals surface area contributed by atoms with Gasteiger partial charge in [0.1, 0.15) is 0 Å². The minimum atomic E-state index is -4.65. The van der Waals surface area contributed by atoms with Crippen LogP contribution in [0.1, 0.15) is 11.3 Å². The molecule has 3 aromatic rings. The molecule has 0 saturated heterocycles. The zero-order chi connectivity index (χ0) is 23.5. The first-order valence-corrected chi connectivity index (χ1v) is 10.8. The van der Waals surface area contributed by atoms with Crippen molar-refractivity contribution in [3.8, 4) is 16.9 Å². The maximum absolute atomic E-state index is 13.3. The number of rotatable bonds is 7. The van der Waals surface area contributed by atoms with E-state index in [0.717, 1.165) is 16.3 Å². The van der Waals surface area contributed by atoms with E-state index in [0.29, 0.717) is 5.56 Å². The summed E-state index contributed by atoms with van der Waals surface area (Å²) in [4.78, 5) is 10.3. The largest absolute Gasteiger partial charge is 0.465 e. The Labute approximate surface area is 181 Å². The summed E-state index contributed by atoms with van der Waals surface area (Å²) in [6.07, 6.45) is -5.93. The summed E-state index contributed by atoms with van der Waals surface area (Å²) in [5.74, 6) is 0. The van der Waals surface area contributed by atoms with Gasteiger partial charge >= 0.3 is 12.3 Å². The second-order valence-electron chi connectivity index (χ2n) is 6.81. The lowest BCUT2D eigenvalue weighted by atomic mass is 10.1. The van der Waals surface area contributed by atoms with E-state index in [1.165, 1.54) is 24.3 Å². The molecule has 0 aliphatic rings. The summed E-state index contributed by atoms with van der Waals surface area (Å²) >= 11 is 0. The van der Waals surface area contributed by atoms with Gasteiger partial charge in [-0.1, -0.05) is 29.8 Å². The van der Waals surface area contributed by atoms with Crippen molar-refractivity contribution in [2.75, 3.05) is 13.1 Å². The van der Waals surface area contributed by atoms with Crippen molar-refractivity contribution in [1.29, 1.82) is 0 Å². The third-order valence-electron chi connectivity index (χ3n) is 4.43. The van der Waals surface area contributed by atoms with E-state index in [4.69, 9.17) is 5.11 Å². The number of nitrogens with zero attached hydrogens (tertiary/aromatic N) is 2. The Morgan fingerprint density at radius 2 is 1.69 bits per heavy atom. The van der Waals surface area contributed by atoms with Crippen molar-refractivity contribution in [2.45, 2.75) is 18.0 Å². The van der Waals surface area contributed by atoms with Gasteiger partial charge in [0.15, 0.2) is 5.69 Å². The van der Waals surface area contributed by atoms with Crippen molar-refractivity contribution in [2.24, 2.45) is 0 Å². The molecule has 0 aliphatic heterocycles. The first-order valence-electron chi connectivity index (χ1n) is 9.28. The number of hydrogen-bond acceptors (Lipinski definition) is 4. The Hall–Kier alpha value is -3.38. The quantitative estimate of drug-likeness (QED) is 0.460. The van der Waals surface area contributed by atoms with Crippen molar-refractivity contribution in [3.05, 3.63) is 65.9 Å². The fourth-order valence-electron chi connectivity index (χ4n) is 2.85. The first kappa shape index (κ1) is 23.3. The number of aryl methyl sites for hydroxylation is 1. The predicted octanol–water partition coefficient (Wildman–Crippen LogP) is 3.41. The van der Waals surface area contributed by atoms with Gasteiger partial charge in [-0.05, 0) is 37.3 Å². The molecule has 0 fully saturated rings. The lowest BCUT2D eigenvalue weighted by Gasteiger charge is -2.10. The molecule has 0 bridgehead atoms. The molecule has 3 N–H and O–H groups in total. The number of alkyl halides is 3. The van der Waals surface area contributed by atoms with Gasteiger partial charge in [-0.2, -0.15) is 18.3 Å². The van der Waals surface area contributed by atoms with Gasteiger partial charge < -0.3 is 10.4 Å². The van der Waals surface area contributed by atoms with E-state index in [9.17, 15) is 26.4 Å². The number of halogens is 3. The topological polar surface area (TPSA) is 113 Å². The Kier molecular flexibility index (Phi) is 6.55. The van der Waals surface area contributed by atoms with Gasteiger partial charge in [0.25, 0.3) is 0 Å². The van der Waals surface area contributed by atoms with Crippen molar-refractivity contribution < 1.29 is 31.5 Å². The zero-order valence-corrected chi connectivity index (χ0v) is 17.5. The number of carboxylic acid groups (broad SMARTS) is 1. The van der Waals surface area contributed by atoms with Crippen LogP contribution in [0.15, 0.2) is 59.5 Å². The van der Waals surface area contributed by atoms with Crippen LogP contribution in [0.5, 0.6) is 0 Å². The Morgan fingerprint density at radius 1 is 1.06 bits per heavy atom. The third kappa shape index (κ3) is 5.45. The molecule has 1 aromatic heterocycles. The number of sulfonamides is 1. The summed E-state index contributed by atoms with van der Waals surface area (Å²) < 4.78 is 67.9. The number of benzene rings is 2. The Morgan fingerprint density at radius 3 is 2.25 bits per heavy atom. The van der Waals surface area contributed by atoms with Crippen molar-refractivity contribution in [1.82, 2.24) is 19.8 Å². The fraction of sp³-hybridized carbons (Fsp3) is 0.200. The second-order valence-corrected chi connectivity index (χ2v) is 8.58. The average molecular weight is 468 g/mol. The number of carbonyl (C=O) groups is 1. The summed E-state index contributed by atoms with van der Waals surface area (Å²) in [7, 11) is -3.93. The molecule has 0 saturated carbocycles. The molecule has 8 nitrogen and oxygen atoms in total. The molecular formula is C20H19F3N4O4S. The normalized spacial score (nSPS) is 12.0. The molecule has 170 valence electrons. The maximum Gasteiger partial charge on any atom is 0.435 e. The van der Waals surface area contributed by atoms with Crippen LogP contribution in [0.3, 0.4) is 0 Å². The molecule has 1 heterocycles. The van der Waals surface area contributed by atoms with E-state index in [-0.39, 0.29) is 29.4 Å². The van der Waals surface area contributed by atoms with Crippen LogP contribution in [0.2, 0.25) is 0 Å². The maximum atomic E-state index is 13.3. The highest BCUT2D eigenvalue weighted by Crippen LogP contribution is 2.33. The highest BCUT2D eigenvalue weighted by molar-refractivity contribution is 7.89. The minimum Gasteiger partial charge on any atom is -0.465 e. The Balaban J connectivity index is 1.92. The third-order valence-corrected chi connectivity index (χ3v) is 5.91. The highest BCUT2D eigenvalue weighted by Gasteiger charge is 2.35. The smallest absolute Gasteiger partial charge is 0.435 e. The van der Waals surface area contributed by atoms with Gasteiger partial charge in [-0.25, -0.2) is 22.6 Å². The summed E-state index contributed by atoms with van der Waals surface area (Å²) in [6.45, 7) is 1.56. The van der Waals surface area contributed by atoms with E-state index in [1.54, 1.807) is 24.3 Å². The lowest BCUT2D eigenvalue weighted by molar-refractivity contribution is -0.141. The number of nitrogens with one attached hydrogen (secondary N) is 2. The summed E-state index contributed by atoms with van der Waals surface area (Å²) in [6, 6.07) is 13.0. The molecule has 3 rings (SSSR count). The van der Waals surface area contributed by atoms with Crippen LogP contribution in [0.4, 0.5) is 18.0 Å². The van der Waals surface area contributed by atoms with Gasteiger partial charge in [0.05, 0.1) is 16.3 Å². The second kappa shape index (κ2) is 9.01. The van der Waals surface area contributed by atoms with Crippen LogP contribution in [-0.2, 0) is 16.2 Å². The monoisotopic (exact) mass is 468 g/mol. The fourth-order valence-corrected chi connectivity index (χ4v) is 3.88. The average Bonchev–Trinajstić information content (AvgIpc) is 3.18. The van der Waals surface area contributed by atoms with Crippen LogP contribution < -0.4 is 10.0 Å². The summed E-state index contributed by atoms with van der Waals surface area (Å²) in [5, 5.41) is 14.2. The molecule has 0 atom stereocenters. The molecule has 0 aliphatic carbocycles. The van der Waals surface area contributed by atoms with E-state index in [1.807, 2.05) is 12.2 Å². The molecule has 0 unspecified atom stereocenters. The number of hydrogen-bond donors (Lipinski definition) is 3. The van der Waals surface area contributed by atoms with E-state index >= 15 is 0 Å². The van der Waals surface area contributed by atoms with Crippen LogP contribution in [0, 0.1) is 6.92 Å². The van der Waals surface area contributed by atoms with Crippen molar-refractivity contribution in [3.63, 3.8) is 0 Å². The molecule has 12 heteroatoms. The van der Waals surface area contributed by atoms with Crippen LogP contribution in [-0.4, -0.2) is 42.5 Å². The van der Waals surface area contributed by atoms with Crippen molar-refractivity contribution >= 4 is 16.1 Å². The zero-order valence-electron chi connectivity index (χ0n) is 16.7. The minimum absolute atomic E-state index is 0.125. The molecule has 1 amide bonds. The van der Waals surface area contributed by atoms with Gasteiger partial charge in [-0.3, -0.25) is 0 Å².